The number of hydrogen-bond acceptors (Lipinski definition) is 14. The summed E-state index contributed by atoms with van der Waals surface area (Å²) in [4.78, 5) is 42.0. The highest BCUT2D eigenvalue weighted by Gasteiger charge is 2.57. The van der Waals surface area contributed by atoms with E-state index in [2.05, 4.69) is 28.1 Å². The number of ether oxygens (including phenoxy) is 3. The van der Waals surface area contributed by atoms with Crippen molar-refractivity contribution >= 4 is 39.4 Å². The van der Waals surface area contributed by atoms with Crippen molar-refractivity contribution in [1.29, 1.82) is 0 Å². The molecule has 5 heterocycles. The van der Waals surface area contributed by atoms with Crippen LogP contribution in [0.25, 0.3) is 0 Å². The maximum absolute atomic E-state index is 15.4. The van der Waals surface area contributed by atoms with E-state index in [1.807, 2.05) is 20.0 Å². The molecule has 15 heteroatoms. The zero-order valence-electron chi connectivity index (χ0n) is 37.4. The number of aliphatic hydroxyl groups excluding tert-OH is 2. The number of aromatic hydroxyl groups is 1. The van der Waals surface area contributed by atoms with Gasteiger partial charge in [-0.1, -0.05) is 52.6 Å². The molecule has 1 amide bonds. The van der Waals surface area contributed by atoms with Crippen LogP contribution in [0.1, 0.15) is 133 Å². The average Bonchev–Trinajstić information content (AvgIpc) is 3.26. The summed E-state index contributed by atoms with van der Waals surface area (Å²) in [7, 11) is 5.13. The van der Waals surface area contributed by atoms with Crippen LogP contribution in [0.15, 0.2) is 24.3 Å². The van der Waals surface area contributed by atoms with Crippen molar-refractivity contribution in [1.82, 2.24) is 16.0 Å². The molecule has 0 aromatic heterocycles. The van der Waals surface area contributed by atoms with Gasteiger partial charge in [0, 0.05) is 61.0 Å². The van der Waals surface area contributed by atoms with E-state index in [1.54, 1.807) is 27.7 Å². The third kappa shape index (κ3) is 9.54. The van der Waals surface area contributed by atoms with Crippen LogP contribution >= 0.6 is 21.6 Å². The minimum Gasteiger partial charge on any atom is -0.504 e. The lowest BCUT2D eigenvalue weighted by molar-refractivity contribution is -0.182. The number of piperidine rings is 2. The van der Waals surface area contributed by atoms with Crippen LogP contribution in [0.3, 0.4) is 0 Å². The summed E-state index contributed by atoms with van der Waals surface area (Å²) in [6.07, 6.45) is 11.3. The van der Waals surface area contributed by atoms with Crippen molar-refractivity contribution in [3.8, 4) is 11.5 Å². The number of phenolic OH excluding ortho intramolecular Hbond substituents is 1. The summed E-state index contributed by atoms with van der Waals surface area (Å²) in [6.45, 7) is 5.09. The molecule has 7 N–H and O–H groups in total. The summed E-state index contributed by atoms with van der Waals surface area (Å²) in [5.41, 5.74) is -0.759. The van der Waals surface area contributed by atoms with Crippen molar-refractivity contribution in [2.75, 3.05) is 39.1 Å². The second kappa shape index (κ2) is 19.7. The number of carbonyl (C=O) groups excluding carboxylic acids is 3. The molecule has 1 saturated carbocycles. The number of hydrogen-bond donors (Lipinski definition) is 7. The van der Waals surface area contributed by atoms with Crippen LogP contribution in [-0.2, 0) is 23.9 Å². The normalized spacial score (nSPS) is 37.4. The first-order chi connectivity index (χ1) is 30.3. The Bertz CT molecular complexity index is 1840. The number of benzene rings is 1. The summed E-state index contributed by atoms with van der Waals surface area (Å²) in [5.74, 6) is -0.486. The van der Waals surface area contributed by atoms with E-state index < -0.39 is 46.8 Å². The molecule has 4 fully saturated rings. The van der Waals surface area contributed by atoms with Crippen molar-refractivity contribution in [2.45, 2.75) is 163 Å². The maximum atomic E-state index is 15.4. The second-order valence-electron chi connectivity index (χ2n) is 20.2. The zero-order chi connectivity index (χ0) is 44.5. The Morgan fingerprint density at radius 2 is 1.86 bits per heavy atom. The first-order valence-electron chi connectivity index (χ1n) is 23.8. The molecule has 13 nitrogen and oxygen atoms in total. The summed E-state index contributed by atoms with van der Waals surface area (Å²) >= 11 is 0. The largest absolute Gasteiger partial charge is 0.504 e. The third-order valence-corrected chi connectivity index (χ3v) is 19.4. The lowest BCUT2D eigenvalue weighted by Gasteiger charge is -2.54. The Morgan fingerprint density at radius 3 is 2.62 bits per heavy atom. The number of carbonyl (C=O) groups is 3. The standard InChI is InChI=1S/C48H71N3O10S2/c1-28(53)60-37(29-15-18-46(2,58)27-62-63-38-13-7-30(24-29)43(56)42(38)49-3)25-39(61-45(57)48-17-5-4-6-32(48)8-14-40(55)51-48)47(19-21-50-22-20-47)35-11-9-33-31(16-23-52)26-59-44-36(54)12-10-34(35)41(33)44/h7,10,12-13,29-33,35,37-39,42-43,49-50,52,54,56,58H,4-6,8-9,11,14-27H2,1-3H3,(H,51,55). The zero-order valence-corrected chi connectivity index (χ0v) is 39.0. The van der Waals surface area contributed by atoms with E-state index in [9.17, 15) is 30.0 Å². The van der Waals surface area contributed by atoms with E-state index >= 15 is 4.79 Å². The number of likely N-dealkylation sites (N-methyl/N-ethyl adjacent to an activating group) is 1. The molecule has 3 aliphatic carbocycles. The molecule has 1 aromatic carbocycles. The van der Waals surface area contributed by atoms with Gasteiger partial charge in [0.25, 0.3) is 0 Å². The van der Waals surface area contributed by atoms with Crippen LogP contribution in [0.2, 0.25) is 0 Å². The van der Waals surface area contributed by atoms with Crippen molar-refractivity contribution in [3.63, 3.8) is 0 Å². The Balaban J connectivity index is 1.24. The smallest absolute Gasteiger partial charge is 0.332 e. The summed E-state index contributed by atoms with van der Waals surface area (Å²) in [6, 6.07) is 3.52. The SMILES string of the molecule is CNC1C2C=CC(CC(C(CC(OC(=O)C34CCCCC3CCC(=O)N4)C3(C4CCC5c6c4ccc(O)c6OCC5CCO)CCNCC3)OC(C)=O)CCC(C)(O)CSS2)C1O. The lowest BCUT2D eigenvalue weighted by Crippen LogP contribution is -2.65. The quantitative estimate of drug-likeness (QED) is 0.0821. The molecular weight excluding hydrogens is 843 g/mol. The van der Waals surface area contributed by atoms with E-state index in [1.165, 1.54) is 6.92 Å². The molecule has 3 saturated heterocycles. The highest BCUT2D eigenvalue weighted by Crippen LogP contribution is 2.60. The number of esters is 2. The molecule has 63 heavy (non-hydrogen) atoms. The second-order valence-corrected chi connectivity index (χ2v) is 22.8. The summed E-state index contributed by atoms with van der Waals surface area (Å²) < 4.78 is 19.9. The van der Waals surface area contributed by atoms with Crippen LogP contribution in [-0.4, -0.2) is 118 Å². The Kier molecular flexibility index (Phi) is 14.7. The van der Waals surface area contributed by atoms with Crippen molar-refractivity contribution in [3.05, 3.63) is 35.4 Å². The number of rotatable bonds is 11. The fraction of sp³-hybridized carbons (Fsp3) is 0.771. The predicted molar refractivity (Wildman–Crippen MR) is 243 cm³/mol. The molecule has 2 bridgehead atoms. The lowest BCUT2D eigenvalue weighted by atomic mass is 9.56. The van der Waals surface area contributed by atoms with Gasteiger partial charge < -0.3 is 50.6 Å². The number of aliphatic hydroxyl groups is 3. The minimum atomic E-state index is -1.14. The summed E-state index contributed by atoms with van der Waals surface area (Å²) in [5, 5.41) is 55.0. The monoisotopic (exact) mass is 913 g/mol. The first-order valence-corrected chi connectivity index (χ1v) is 26.2. The number of amides is 1. The predicted octanol–water partition coefficient (Wildman–Crippen LogP) is 5.62. The van der Waals surface area contributed by atoms with E-state index in [-0.39, 0.29) is 71.5 Å². The maximum Gasteiger partial charge on any atom is 0.332 e. The third-order valence-electron chi connectivity index (χ3n) is 16.4. The minimum absolute atomic E-state index is 0.000996. The highest BCUT2D eigenvalue weighted by atomic mass is 33.1. The van der Waals surface area contributed by atoms with Gasteiger partial charge in [-0.15, -0.1) is 0 Å². The topological polar surface area (TPSA) is 196 Å². The van der Waals surface area contributed by atoms with Crippen LogP contribution in [0.5, 0.6) is 11.5 Å². The number of fused-ring (bicyclic) bond motifs is 9. The average molecular weight is 914 g/mol. The molecule has 0 spiro atoms. The highest BCUT2D eigenvalue weighted by molar-refractivity contribution is 8.77. The van der Waals surface area contributed by atoms with E-state index in [0.29, 0.717) is 89.0 Å². The molecule has 5 aliphatic heterocycles. The van der Waals surface area contributed by atoms with E-state index in [4.69, 9.17) is 14.2 Å². The van der Waals surface area contributed by atoms with Gasteiger partial charge in [-0.2, -0.15) is 0 Å². The molecule has 13 unspecified atom stereocenters. The van der Waals surface area contributed by atoms with Crippen LogP contribution in [0.4, 0.5) is 0 Å². The Labute approximate surface area is 380 Å². The van der Waals surface area contributed by atoms with Gasteiger partial charge in [0.05, 0.1) is 23.6 Å². The fourth-order valence-electron chi connectivity index (χ4n) is 13.0. The van der Waals surface area contributed by atoms with Gasteiger partial charge in [0.2, 0.25) is 5.91 Å². The molecular formula is C48H71N3O10S2. The molecule has 1 aromatic rings. The molecule has 350 valence electrons. The number of phenols is 1. The van der Waals surface area contributed by atoms with Gasteiger partial charge in [0.1, 0.15) is 17.7 Å². The van der Waals surface area contributed by atoms with Crippen molar-refractivity contribution in [2.24, 2.45) is 29.1 Å². The van der Waals surface area contributed by atoms with Gasteiger partial charge >= 0.3 is 11.9 Å². The Hall–Kier alpha value is -2.53. The van der Waals surface area contributed by atoms with Gasteiger partial charge in [0.15, 0.2) is 11.5 Å². The fourth-order valence-corrected chi connectivity index (χ4v) is 16.2. The van der Waals surface area contributed by atoms with Gasteiger partial charge in [-0.05, 0) is 133 Å². The Morgan fingerprint density at radius 1 is 1.05 bits per heavy atom. The van der Waals surface area contributed by atoms with Crippen LogP contribution < -0.4 is 20.7 Å². The van der Waals surface area contributed by atoms with Crippen molar-refractivity contribution < 1.29 is 49.0 Å². The first kappa shape index (κ1) is 47.0. The van der Waals surface area contributed by atoms with Gasteiger partial charge in [-0.25, -0.2) is 4.79 Å². The molecule has 13 atom stereocenters. The molecule has 9 rings (SSSR count). The molecule has 0 radical (unpaired) electrons. The molecule has 8 aliphatic rings. The van der Waals surface area contributed by atoms with Gasteiger partial charge in [-0.3, -0.25) is 9.59 Å². The number of nitrogens with one attached hydrogen (secondary N) is 3. The van der Waals surface area contributed by atoms with E-state index in [0.717, 1.165) is 43.2 Å². The van der Waals surface area contributed by atoms with Crippen LogP contribution in [0, 0.1) is 29.1 Å².